The van der Waals surface area contributed by atoms with Crippen LogP contribution in [-0.2, 0) is 16.6 Å². The summed E-state index contributed by atoms with van der Waals surface area (Å²) in [5, 5.41) is 10.5. The number of hydrogen-bond acceptors (Lipinski definition) is 4. The molecule has 0 aromatic heterocycles. The Morgan fingerprint density at radius 1 is 1.12 bits per heavy atom. The first-order valence-electron chi connectivity index (χ1n) is 7.91. The molecule has 2 aromatic carbocycles. The van der Waals surface area contributed by atoms with Crippen LogP contribution in [0.4, 0.5) is 5.69 Å². The van der Waals surface area contributed by atoms with E-state index in [0.29, 0.717) is 30.2 Å². The topological polar surface area (TPSA) is 69.6 Å². The number of anilines is 1. The van der Waals surface area contributed by atoms with Crippen LogP contribution in [0.5, 0.6) is 0 Å². The zero-order valence-corrected chi connectivity index (χ0v) is 16.7. The molecule has 0 aliphatic carbocycles. The van der Waals surface area contributed by atoms with Gasteiger partial charge in [0.15, 0.2) is 0 Å². The van der Waals surface area contributed by atoms with Crippen molar-refractivity contribution in [3.63, 3.8) is 0 Å². The van der Waals surface area contributed by atoms with Crippen LogP contribution >= 0.6 is 34.8 Å². The normalized spacial score (nSPS) is 18.2. The number of likely N-dealkylation sites (tertiary alicyclic amines) is 1. The number of halogens is 3. The number of nitrogens with one attached hydrogen (secondary N) is 1. The number of β-amino-alcohol motifs (C(OH)–C–C–N with tert-alkyl or cyclic N) is 1. The molecular weight excluding hydrogens is 419 g/mol. The molecule has 140 valence electrons. The van der Waals surface area contributed by atoms with Crippen LogP contribution in [0.15, 0.2) is 41.3 Å². The van der Waals surface area contributed by atoms with Crippen LogP contribution in [0.25, 0.3) is 0 Å². The van der Waals surface area contributed by atoms with Crippen LogP contribution < -0.4 is 4.72 Å². The van der Waals surface area contributed by atoms with Gasteiger partial charge >= 0.3 is 0 Å². The molecule has 0 saturated carbocycles. The van der Waals surface area contributed by atoms with Gasteiger partial charge < -0.3 is 5.11 Å². The lowest BCUT2D eigenvalue weighted by molar-refractivity contribution is 0.175. The Hall–Kier alpha value is -1.02. The highest BCUT2D eigenvalue weighted by molar-refractivity contribution is 7.92. The molecule has 9 heteroatoms. The Balaban J connectivity index is 1.88. The number of sulfonamides is 1. The van der Waals surface area contributed by atoms with E-state index in [9.17, 15) is 13.5 Å². The Bertz CT molecular complexity index is 921. The second-order valence-corrected chi connectivity index (χ2v) is 9.09. The highest BCUT2D eigenvalue weighted by Crippen LogP contribution is 2.29. The third-order valence-electron chi connectivity index (χ3n) is 4.16. The summed E-state index contributed by atoms with van der Waals surface area (Å²) >= 11 is 17.8. The van der Waals surface area contributed by atoms with Crippen LogP contribution in [-0.4, -0.2) is 37.6 Å². The third kappa shape index (κ3) is 4.63. The van der Waals surface area contributed by atoms with E-state index in [1.807, 2.05) is 0 Å². The smallest absolute Gasteiger partial charge is 0.261 e. The van der Waals surface area contributed by atoms with E-state index < -0.39 is 10.0 Å². The van der Waals surface area contributed by atoms with Crippen LogP contribution in [0.1, 0.15) is 12.0 Å². The molecule has 0 spiro atoms. The van der Waals surface area contributed by atoms with Gasteiger partial charge in [-0.05, 0) is 42.3 Å². The van der Waals surface area contributed by atoms with Crippen molar-refractivity contribution in [2.45, 2.75) is 24.0 Å². The fourth-order valence-corrected chi connectivity index (χ4v) is 4.48. The zero-order chi connectivity index (χ0) is 18.9. The van der Waals surface area contributed by atoms with Gasteiger partial charge in [0.2, 0.25) is 0 Å². The summed E-state index contributed by atoms with van der Waals surface area (Å²) in [6.07, 6.45) is 0.358. The van der Waals surface area contributed by atoms with Crippen molar-refractivity contribution < 1.29 is 13.5 Å². The first kappa shape index (κ1) is 19.7. The molecule has 26 heavy (non-hydrogen) atoms. The van der Waals surface area contributed by atoms with Crippen LogP contribution in [0.3, 0.4) is 0 Å². The lowest BCUT2D eigenvalue weighted by atomic mass is 10.1. The Labute approximate surface area is 167 Å². The number of rotatable bonds is 5. The first-order valence-corrected chi connectivity index (χ1v) is 10.5. The monoisotopic (exact) mass is 434 g/mol. The van der Waals surface area contributed by atoms with E-state index in [1.165, 1.54) is 18.2 Å². The van der Waals surface area contributed by atoms with E-state index >= 15 is 0 Å². The molecule has 1 saturated heterocycles. The summed E-state index contributed by atoms with van der Waals surface area (Å²) in [6.45, 7) is 1.82. The van der Waals surface area contributed by atoms with Crippen molar-refractivity contribution in [3.8, 4) is 0 Å². The lowest BCUT2D eigenvalue weighted by Gasteiger charge is -2.19. The van der Waals surface area contributed by atoms with Crippen molar-refractivity contribution in [1.29, 1.82) is 0 Å². The molecule has 0 unspecified atom stereocenters. The van der Waals surface area contributed by atoms with Gasteiger partial charge in [-0.1, -0.05) is 40.9 Å². The van der Waals surface area contributed by atoms with Crippen LogP contribution in [0.2, 0.25) is 15.1 Å². The van der Waals surface area contributed by atoms with Gasteiger partial charge in [-0.25, -0.2) is 8.42 Å². The van der Waals surface area contributed by atoms with E-state index in [0.717, 1.165) is 12.1 Å². The average Bonchev–Trinajstić information content (AvgIpc) is 2.97. The number of nitrogens with zero attached hydrogens (tertiary/aromatic N) is 1. The summed E-state index contributed by atoms with van der Waals surface area (Å²) in [5.74, 6) is 0. The van der Waals surface area contributed by atoms with Crippen molar-refractivity contribution in [2.75, 3.05) is 17.8 Å². The molecule has 0 amide bonds. The minimum atomic E-state index is -3.86. The van der Waals surface area contributed by atoms with Crippen molar-refractivity contribution in [1.82, 2.24) is 4.90 Å². The fourth-order valence-electron chi connectivity index (χ4n) is 2.83. The molecule has 1 heterocycles. The van der Waals surface area contributed by atoms with Crippen LogP contribution in [0, 0.1) is 0 Å². The molecule has 1 aliphatic rings. The van der Waals surface area contributed by atoms with Gasteiger partial charge in [0.25, 0.3) is 10.0 Å². The predicted octanol–water partition coefficient (Wildman–Crippen LogP) is 4.01. The maximum absolute atomic E-state index is 12.7. The third-order valence-corrected chi connectivity index (χ3v) is 6.50. The summed E-state index contributed by atoms with van der Waals surface area (Å²) in [7, 11) is -3.86. The molecule has 5 nitrogen and oxygen atoms in total. The highest BCUT2D eigenvalue weighted by atomic mass is 35.5. The van der Waals surface area contributed by atoms with Gasteiger partial charge in [0, 0.05) is 24.7 Å². The molecular formula is C17H17Cl3N2O3S. The lowest BCUT2D eigenvalue weighted by Crippen LogP contribution is -2.23. The van der Waals surface area contributed by atoms with Gasteiger partial charge in [0.05, 0.1) is 26.7 Å². The maximum Gasteiger partial charge on any atom is 0.261 e. The first-order chi connectivity index (χ1) is 12.2. The summed E-state index contributed by atoms with van der Waals surface area (Å²) in [4.78, 5) is 2.07. The van der Waals surface area contributed by atoms with Crippen molar-refractivity contribution in [3.05, 3.63) is 57.0 Å². The largest absolute Gasteiger partial charge is 0.392 e. The number of hydrogen-bond donors (Lipinski definition) is 2. The van der Waals surface area contributed by atoms with Gasteiger partial charge in [-0.3, -0.25) is 9.62 Å². The second-order valence-electron chi connectivity index (χ2n) is 6.16. The van der Waals surface area contributed by atoms with Gasteiger partial charge in [-0.15, -0.1) is 0 Å². The molecule has 1 aliphatic heterocycles. The number of aliphatic hydroxyl groups excluding tert-OH is 1. The molecule has 1 fully saturated rings. The zero-order valence-electron chi connectivity index (χ0n) is 13.6. The van der Waals surface area contributed by atoms with Crippen molar-refractivity contribution >= 4 is 50.5 Å². The molecule has 3 rings (SSSR count). The summed E-state index contributed by atoms with van der Waals surface area (Å²) in [5.41, 5.74) is 1.16. The maximum atomic E-state index is 12.7. The van der Waals surface area contributed by atoms with E-state index in [-0.39, 0.29) is 21.0 Å². The quantitative estimate of drug-likeness (QED) is 0.744. The van der Waals surface area contributed by atoms with Gasteiger partial charge in [-0.2, -0.15) is 0 Å². The van der Waals surface area contributed by atoms with E-state index in [4.69, 9.17) is 34.8 Å². The number of benzene rings is 2. The molecule has 0 radical (unpaired) electrons. The van der Waals surface area contributed by atoms with Gasteiger partial charge in [0.1, 0.15) is 0 Å². The Morgan fingerprint density at radius 2 is 1.88 bits per heavy atom. The standard InChI is InChI=1S/C17H17Cl3N2O3S/c18-12-2-1-11(9-22-6-5-13(23)10-22)17(7-12)21-26(24,25)14-3-4-15(19)16(20)8-14/h1-4,7-8,13,21,23H,5-6,9-10H2/t13-/m0/s1. The Morgan fingerprint density at radius 3 is 2.54 bits per heavy atom. The van der Waals surface area contributed by atoms with E-state index in [1.54, 1.807) is 18.2 Å². The summed E-state index contributed by atoms with van der Waals surface area (Å²) in [6, 6.07) is 9.17. The minimum Gasteiger partial charge on any atom is -0.392 e. The molecule has 2 aromatic rings. The minimum absolute atomic E-state index is 0.00872. The predicted molar refractivity (Wildman–Crippen MR) is 105 cm³/mol. The average molecular weight is 436 g/mol. The highest BCUT2D eigenvalue weighted by Gasteiger charge is 2.22. The molecule has 0 bridgehead atoms. The molecule has 2 N–H and O–H groups in total. The van der Waals surface area contributed by atoms with Crippen molar-refractivity contribution in [2.24, 2.45) is 0 Å². The fraction of sp³-hybridized carbons (Fsp3) is 0.294. The van der Waals surface area contributed by atoms with E-state index in [2.05, 4.69) is 9.62 Å². The molecule has 1 atom stereocenters. The second kappa shape index (κ2) is 7.92. The number of aliphatic hydroxyl groups is 1. The SMILES string of the molecule is O=S(=O)(Nc1cc(Cl)ccc1CN1CC[C@H](O)C1)c1ccc(Cl)c(Cl)c1. The Kier molecular flexibility index (Phi) is 6.01. The summed E-state index contributed by atoms with van der Waals surface area (Å²) < 4.78 is 28.0.